The average Bonchev–Trinajstić information content (AvgIpc) is 2.42. The molecular weight excluding hydrogens is 314 g/mol. The molecule has 5 nitrogen and oxygen atoms in total. The van der Waals surface area contributed by atoms with Gasteiger partial charge in [0.15, 0.2) is 0 Å². The van der Waals surface area contributed by atoms with E-state index in [2.05, 4.69) is 17.9 Å². The van der Waals surface area contributed by atoms with Gasteiger partial charge in [0.05, 0.1) is 19.2 Å². The Labute approximate surface area is 143 Å². The number of hydrogen-bond acceptors (Lipinski definition) is 6. The van der Waals surface area contributed by atoms with Gasteiger partial charge in [0, 0.05) is 11.4 Å². The molecule has 1 N–H and O–H groups in total. The first-order valence-electron chi connectivity index (χ1n) is 7.39. The molecule has 0 unspecified atom stereocenters. The number of nitrogens with one attached hydrogen (secondary N) is 1. The minimum atomic E-state index is -0.505. The van der Waals surface area contributed by atoms with Crippen molar-refractivity contribution in [3.8, 4) is 0 Å². The predicted octanol–water partition coefficient (Wildman–Crippen LogP) is 2.81. The van der Waals surface area contributed by atoms with Crippen LogP contribution >= 0.6 is 12.6 Å². The SMILES string of the molecule is COC(=O)c1c(C)c(S)cc(CNCC(=O)OC(C)(C)C)c1C. The molecule has 0 amide bonds. The third-order valence-corrected chi connectivity index (χ3v) is 3.79. The standard InChI is InChI=1S/C17H25NO4S/c1-10-12(8-18-9-14(19)22-17(3,4)5)7-13(23)11(2)15(10)16(20)21-6/h7,18,23H,8-9H2,1-6H3. The topological polar surface area (TPSA) is 64.6 Å². The van der Waals surface area contributed by atoms with Crippen LogP contribution in [0.4, 0.5) is 0 Å². The van der Waals surface area contributed by atoms with E-state index in [-0.39, 0.29) is 18.5 Å². The molecule has 0 bridgehead atoms. The van der Waals surface area contributed by atoms with Gasteiger partial charge in [0.1, 0.15) is 5.60 Å². The van der Waals surface area contributed by atoms with E-state index in [0.717, 1.165) is 16.7 Å². The Hall–Kier alpha value is -1.53. The van der Waals surface area contributed by atoms with Crippen LogP contribution < -0.4 is 5.32 Å². The zero-order chi connectivity index (χ0) is 17.8. The van der Waals surface area contributed by atoms with Crippen LogP contribution in [0.25, 0.3) is 0 Å². The second-order valence-corrected chi connectivity index (χ2v) is 6.84. The number of hydrogen-bond donors (Lipinski definition) is 2. The number of ether oxygens (including phenoxy) is 2. The second kappa shape index (κ2) is 7.84. The minimum absolute atomic E-state index is 0.0973. The number of rotatable bonds is 5. The van der Waals surface area contributed by atoms with Crippen LogP contribution in [0.15, 0.2) is 11.0 Å². The molecule has 128 valence electrons. The fraction of sp³-hybridized carbons (Fsp3) is 0.529. The molecule has 0 aliphatic rings. The Balaban J connectivity index is 2.84. The van der Waals surface area contributed by atoms with Gasteiger partial charge in [-0.1, -0.05) is 0 Å². The third kappa shape index (κ3) is 5.55. The fourth-order valence-corrected chi connectivity index (χ4v) is 2.49. The Morgan fingerprint density at radius 3 is 2.35 bits per heavy atom. The van der Waals surface area contributed by atoms with Gasteiger partial charge in [-0.15, -0.1) is 12.6 Å². The van der Waals surface area contributed by atoms with Gasteiger partial charge in [0.2, 0.25) is 0 Å². The molecule has 0 saturated heterocycles. The van der Waals surface area contributed by atoms with Crippen molar-refractivity contribution in [3.63, 3.8) is 0 Å². The van der Waals surface area contributed by atoms with Crippen molar-refractivity contribution in [2.24, 2.45) is 0 Å². The molecule has 1 aromatic rings. The summed E-state index contributed by atoms with van der Waals surface area (Å²) < 4.78 is 10.1. The number of benzene rings is 1. The van der Waals surface area contributed by atoms with Crippen molar-refractivity contribution in [1.82, 2.24) is 5.32 Å². The van der Waals surface area contributed by atoms with Crippen molar-refractivity contribution in [1.29, 1.82) is 0 Å². The van der Waals surface area contributed by atoms with Crippen LogP contribution in [0.3, 0.4) is 0 Å². The molecule has 23 heavy (non-hydrogen) atoms. The highest BCUT2D eigenvalue weighted by Crippen LogP contribution is 2.25. The minimum Gasteiger partial charge on any atom is -0.465 e. The second-order valence-electron chi connectivity index (χ2n) is 6.36. The molecule has 0 heterocycles. The Morgan fingerprint density at radius 2 is 1.83 bits per heavy atom. The summed E-state index contributed by atoms with van der Waals surface area (Å²) in [5, 5.41) is 3.04. The normalized spacial score (nSPS) is 11.3. The van der Waals surface area contributed by atoms with E-state index in [1.54, 1.807) is 0 Å². The van der Waals surface area contributed by atoms with Gasteiger partial charge >= 0.3 is 11.9 Å². The van der Waals surface area contributed by atoms with Crippen LogP contribution in [-0.2, 0) is 20.8 Å². The molecule has 0 radical (unpaired) electrons. The molecule has 0 aromatic heterocycles. The van der Waals surface area contributed by atoms with Gasteiger partial charge < -0.3 is 14.8 Å². The molecule has 0 atom stereocenters. The summed E-state index contributed by atoms with van der Waals surface area (Å²) in [6.45, 7) is 9.69. The molecule has 6 heteroatoms. The highest BCUT2D eigenvalue weighted by molar-refractivity contribution is 7.80. The van der Waals surface area contributed by atoms with Gasteiger partial charge in [-0.05, 0) is 57.4 Å². The van der Waals surface area contributed by atoms with Crippen molar-refractivity contribution in [2.75, 3.05) is 13.7 Å². The number of carbonyl (C=O) groups excluding carboxylic acids is 2. The highest BCUT2D eigenvalue weighted by atomic mass is 32.1. The predicted molar refractivity (Wildman–Crippen MR) is 92.1 cm³/mol. The first kappa shape index (κ1) is 19.5. The third-order valence-electron chi connectivity index (χ3n) is 3.32. The van der Waals surface area contributed by atoms with E-state index >= 15 is 0 Å². The summed E-state index contributed by atoms with van der Waals surface area (Å²) >= 11 is 4.41. The zero-order valence-electron chi connectivity index (χ0n) is 14.6. The average molecular weight is 339 g/mol. The molecule has 1 rings (SSSR count). The lowest BCUT2D eigenvalue weighted by Gasteiger charge is -2.20. The summed E-state index contributed by atoms with van der Waals surface area (Å²) in [6, 6.07) is 1.89. The van der Waals surface area contributed by atoms with Crippen molar-refractivity contribution in [2.45, 2.75) is 51.7 Å². The maximum atomic E-state index is 11.9. The number of thiol groups is 1. The number of esters is 2. The summed E-state index contributed by atoms with van der Waals surface area (Å²) in [5.74, 6) is -0.703. The van der Waals surface area contributed by atoms with E-state index in [4.69, 9.17) is 9.47 Å². The summed E-state index contributed by atoms with van der Waals surface area (Å²) in [5.41, 5.74) is 2.52. The van der Waals surface area contributed by atoms with E-state index in [1.165, 1.54) is 7.11 Å². The van der Waals surface area contributed by atoms with Crippen LogP contribution in [0.1, 0.15) is 47.8 Å². The Bertz CT molecular complexity index is 606. The summed E-state index contributed by atoms with van der Waals surface area (Å²) in [7, 11) is 1.35. The quantitative estimate of drug-likeness (QED) is 0.638. The monoisotopic (exact) mass is 339 g/mol. The molecule has 0 saturated carbocycles. The maximum Gasteiger partial charge on any atom is 0.338 e. The molecular formula is C17H25NO4S. The van der Waals surface area contributed by atoms with Crippen LogP contribution in [0.5, 0.6) is 0 Å². The van der Waals surface area contributed by atoms with Crippen molar-refractivity contribution < 1.29 is 19.1 Å². The van der Waals surface area contributed by atoms with Gasteiger partial charge in [0.25, 0.3) is 0 Å². The summed E-state index contributed by atoms with van der Waals surface area (Å²) in [6.07, 6.45) is 0. The Morgan fingerprint density at radius 1 is 1.22 bits per heavy atom. The fourth-order valence-electron chi connectivity index (χ4n) is 2.22. The van der Waals surface area contributed by atoms with Gasteiger partial charge in [-0.3, -0.25) is 4.79 Å². The number of methoxy groups -OCH3 is 1. The van der Waals surface area contributed by atoms with E-state index < -0.39 is 5.60 Å². The molecule has 0 aliphatic carbocycles. The molecule has 0 aliphatic heterocycles. The van der Waals surface area contributed by atoms with Crippen molar-refractivity contribution in [3.05, 3.63) is 28.3 Å². The summed E-state index contributed by atoms with van der Waals surface area (Å²) in [4.78, 5) is 24.4. The largest absolute Gasteiger partial charge is 0.465 e. The van der Waals surface area contributed by atoms with Crippen LogP contribution in [0, 0.1) is 13.8 Å². The molecule has 0 spiro atoms. The lowest BCUT2D eigenvalue weighted by Crippen LogP contribution is -2.31. The molecule has 1 aromatic carbocycles. The molecule has 0 fully saturated rings. The maximum absolute atomic E-state index is 11.9. The van der Waals surface area contributed by atoms with Gasteiger partial charge in [-0.2, -0.15) is 0 Å². The van der Waals surface area contributed by atoms with Crippen molar-refractivity contribution >= 4 is 24.6 Å². The van der Waals surface area contributed by atoms with Crippen LogP contribution in [0.2, 0.25) is 0 Å². The Kier molecular flexibility index (Phi) is 6.65. The lowest BCUT2D eigenvalue weighted by molar-refractivity contribution is -0.153. The van der Waals surface area contributed by atoms with E-state index in [9.17, 15) is 9.59 Å². The number of carbonyl (C=O) groups is 2. The smallest absolute Gasteiger partial charge is 0.338 e. The first-order chi connectivity index (χ1) is 10.6. The zero-order valence-corrected chi connectivity index (χ0v) is 15.5. The van der Waals surface area contributed by atoms with Gasteiger partial charge in [-0.25, -0.2) is 4.79 Å². The van der Waals surface area contributed by atoms with Crippen LogP contribution in [-0.4, -0.2) is 31.2 Å². The highest BCUT2D eigenvalue weighted by Gasteiger charge is 2.19. The van der Waals surface area contributed by atoms with E-state index in [1.807, 2.05) is 40.7 Å². The lowest BCUT2D eigenvalue weighted by atomic mass is 9.97. The first-order valence-corrected chi connectivity index (χ1v) is 7.84. The van der Waals surface area contributed by atoms with E-state index in [0.29, 0.717) is 17.0 Å².